The van der Waals surface area contributed by atoms with Crippen molar-refractivity contribution in [3.63, 3.8) is 0 Å². The van der Waals surface area contributed by atoms with Crippen LogP contribution in [0.4, 0.5) is 11.4 Å². The monoisotopic (exact) mass is 400 g/mol. The summed E-state index contributed by atoms with van der Waals surface area (Å²) >= 11 is 0. The zero-order valence-corrected chi connectivity index (χ0v) is 17.0. The van der Waals surface area contributed by atoms with Crippen LogP contribution in [0.15, 0.2) is 42.5 Å². The van der Waals surface area contributed by atoms with E-state index in [0.29, 0.717) is 24.5 Å². The van der Waals surface area contributed by atoms with Crippen molar-refractivity contribution in [2.45, 2.75) is 13.5 Å². The van der Waals surface area contributed by atoms with Crippen molar-refractivity contribution >= 4 is 32.5 Å². The number of aromatic nitrogens is 1. The fourth-order valence-corrected chi connectivity index (χ4v) is 5.15. The molecule has 0 bridgehead atoms. The predicted molar refractivity (Wildman–Crippen MR) is 113 cm³/mol. The molecular weight excluding hydrogens is 376 g/mol. The second kappa shape index (κ2) is 6.72. The molecule has 0 aliphatic carbocycles. The number of hydrogen-bond donors (Lipinski definition) is 1. The Morgan fingerprint density at radius 2 is 1.82 bits per heavy atom. The van der Waals surface area contributed by atoms with Crippen molar-refractivity contribution in [2.75, 3.05) is 37.3 Å². The van der Waals surface area contributed by atoms with Gasteiger partial charge < -0.3 is 15.0 Å². The first-order valence-electron chi connectivity index (χ1n) is 9.18. The van der Waals surface area contributed by atoms with Gasteiger partial charge in [0, 0.05) is 43.7 Å². The minimum absolute atomic E-state index is 0.454. The van der Waals surface area contributed by atoms with E-state index in [1.54, 1.807) is 14.2 Å². The molecule has 7 nitrogen and oxygen atoms in total. The molecule has 0 saturated carbocycles. The molecule has 2 heterocycles. The second-order valence-electron chi connectivity index (χ2n) is 6.84. The summed E-state index contributed by atoms with van der Waals surface area (Å²) in [6.07, 6.45) is 0. The van der Waals surface area contributed by atoms with Gasteiger partial charge in [-0.15, -0.1) is 0 Å². The number of nitrogens with zero attached hydrogens (tertiary/aromatic N) is 3. The van der Waals surface area contributed by atoms with E-state index in [-0.39, 0.29) is 0 Å². The van der Waals surface area contributed by atoms with Crippen molar-refractivity contribution in [1.29, 1.82) is 0 Å². The minimum Gasteiger partial charge on any atom is -0.497 e. The molecule has 0 radical (unpaired) electrons. The maximum Gasteiger partial charge on any atom is 0.303 e. The molecule has 0 spiro atoms. The number of ether oxygens (including phenoxy) is 1. The van der Waals surface area contributed by atoms with Crippen LogP contribution in [0.3, 0.4) is 0 Å². The van der Waals surface area contributed by atoms with Crippen LogP contribution < -0.4 is 14.8 Å². The highest BCUT2D eigenvalue weighted by atomic mass is 32.2. The van der Waals surface area contributed by atoms with Gasteiger partial charge in [-0.05, 0) is 31.2 Å². The van der Waals surface area contributed by atoms with E-state index >= 15 is 0 Å². The SMILES string of the molecule is CCn1c(-c2ccc(N3CCN(C)S3(=O)=O)cc2)c(N)c2ccc(OC)cc21. The molecule has 2 N–H and O–H groups in total. The van der Waals surface area contributed by atoms with Gasteiger partial charge in [-0.25, -0.2) is 0 Å². The van der Waals surface area contributed by atoms with E-state index in [4.69, 9.17) is 10.5 Å². The quantitative estimate of drug-likeness (QED) is 0.730. The van der Waals surface area contributed by atoms with Crippen LogP contribution in [0.5, 0.6) is 5.75 Å². The number of rotatable bonds is 4. The molecule has 0 unspecified atom stereocenters. The van der Waals surface area contributed by atoms with Gasteiger partial charge in [-0.3, -0.25) is 4.31 Å². The molecule has 1 fully saturated rings. The molecule has 1 saturated heterocycles. The predicted octanol–water partition coefficient (Wildman–Crippen LogP) is 2.92. The standard InChI is InChI=1S/C20H24N4O3S/c1-4-23-18-13-16(27-3)9-10-17(18)19(21)20(23)14-5-7-15(8-6-14)24-12-11-22(2)28(24,25)26/h5-10,13H,4,11-12,21H2,1-3H3. The smallest absolute Gasteiger partial charge is 0.303 e. The van der Waals surface area contributed by atoms with Gasteiger partial charge in [-0.1, -0.05) is 12.1 Å². The molecule has 1 aromatic heterocycles. The summed E-state index contributed by atoms with van der Waals surface area (Å²) in [6.45, 7) is 3.77. The third-order valence-electron chi connectivity index (χ3n) is 5.35. The lowest BCUT2D eigenvalue weighted by molar-refractivity contribution is 0.415. The first kappa shape index (κ1) is 18.6. The first-order chi connectivity index (χ1) is 13.4. The number of likely N-dealkylation sites (N-methyl/N-ethyl adjacent to an activating group) is 1. The molecule has 0 amide bonds. The Kier molecular flexibility index (Phi) is 4.47. The van der Waals surface area contributed by atoms with Crippen LogP contribution in [0, 0.1) is 0 Å². The summed E-state index contributed by atoms with van der Waals surface area (Å²) in [5, 5.41) is 0.977. The van der Waals surface area contributed by atoms with E-state index in [1.807, 2.05) is 42.5 Å². The van der Waals surface area contributed by atoms with E-state index < -0.39 is 10.2 Å². The Hall–Kier alpha value is -2.71. The molecule has 1 aliphatic rings. The molecule has 1 aliphatic heterocycles. The molecule has 0 atom stereocenters. The number of fused-ring (bicyclic) bond motifs is 1. The Balaban J connectivity index is 1.80. The lowest BCUT2D eigenvalue weighted by Gasteiger charge is -2.18. The zero-order valence-electron chi connectivity index (χ0n) is 16.2. The number of benzene rings is 2. The maximum absolute atomic E-state index is 12.4. The van der Waals surface area contributed by atoms with Crippen LogP contribution in [0.1, 0.15) is 6.92 Å². The number of aryl methyl sites for hydroxylation is 1. The minimum atomic E-state index is -3.42. The highest BCUT2D eigenvalue weighted by Crippen LogP contribution is 2.38. The van der Waals surface area contributed by atoms with Crippen LogP contribution in [0.25, 0.3) is 22.2 Å². The largest absolute Gasteiger partial charge is 0.497 e. The van der Waals surface area contributed by atoms with Gasteiger partial charge in [0.05, 0.1) is 29.7 Å². The fraction of sp³-hybridized carbons (Fsp3) is 0.300. The van der Waals surface area contributed by atoms with Crippen molar-refractivity contribution in [3.05, 3.63) is 42.5 Å². The molecule has 8 heteroatoms. The average molecular weight is 401 g/mol. The lowest BCUT2D eigenvalue weighted by Crippen LogP contribution is -2.30. The van der Waals surface area contributed by atoms with Gasteiger partial charge in [-0.2, -0.15) is 12.7 Å². The van der Waals surface area contributed by atoms with Gasteiger partial charge in [0.25, 0.3) is 0 Å². The average Bonchev–Trinajstić information content (AvgIpc) is 3.14. The van der Waals surface area contributed by atoms with Crippen molar-refractivity contribution in [1.82, 2.24) is 8.87 Å². The fourth-order valence-electron chi connectivity index (χ4n) is 3.80. The zero-order chi connectivity index (χ0) is 20.1. The van der Waals surface area contributed by atoms with E-state index in [9.17, 15) is 8.42 Å². The first-order valence-corrected chi connectivity index (χ1v) is 10.6. The Bertz CT molecular complexity index is 1140. The van der Waals surface area contributed by atoms with Crippen LogP contribution in [0.2, 0.25) is 0 Å². The van der Waals surface area contributed by atoms with Gasteiger partial charge in [0.1, 0.15) is 5.75 Å². The number of anilines is 2. The Morgan fingerprint density at radius 3 is 2.39 bits per heavy atom. The van der Waals surface area contributed by atoms with Crippen molar-refractivity contribution in [3.8, 4) is 17.0 Å². The van der Waals surface area contributed by atoms with Crippen LogP contribution >= 0.6 is 0 Å². The molecule has 4 rings (SSSR count). The summed E-state index contributed by atoms with van der Waals surface area (Å²) in [5.41, 5.74) is 10.7. The highest BCUT2D eigenvalue weighted by molar-refractivity contribution is 7.90. The second-order valence-corrected chi connectivity index (χ2v) is 8.80. The van der Waals surface area contributed by atoms with E-state index in [1.165, 1.54) is 8.61 Å². The summed E-state index contributed by atoms with van der Waals surface area (Å²) < 4.78 is 35.1. The Labute approximate surface area is 165 Å². The summed E-state index contributed by atoms with van der Waals surface area (Å²) in [6, 6.07) is 13.4. The highest BCUT2D eigenvalue weighted by Gasteiger charge is 2.33. The summed E-state index contributed by atoms with van der Waals surface area (Å²) in [5.74, 6) is 0.782. The summed E-state index contributed by atoms with van der Waals surface area (Å²) in [4.78, 5) is 0. The lowest BCUT2D eigenvalue weighted by atomic mass is 10.1. The molecule has 2 aromatic carbocycles. The normalized spacial score (nSPS) is 16.8. The van der Waals surface area contributed by atoms with Gasteiger partial charge in [0.15, 0.2) is 0 Å². The Morgan fingerprint density at radius 1 is 1.11 bits per heavy atom. The van der Waals surface area contributed by atoms with Crippen LogP contribution in [-0.4, -0.2) is 44.5 Å². The molecule has 148 valence electrons. The van der Waals surface area contributed by atoms with Crippen molar-refractivity contribution < 1.29 is 13.2 Å². The molecule has 3 aromatic rings. The van der Waals surface area contributed by atoms with E-state index in [2.05, 4.69) is 11.5 Å². The third-order valence-corrected chi connectivity index (χ3v) is 7.27. The number of methoxy groups -OCH3 is 1. The maximum atomic E-state index is 12.4. The summed E-state index contributed by atoms with van der Waals surface area (Å²) in [7, 11) is -0.181. The molecule has 28 heavy (non-hydrogen) atoms. The molecular formula is C20H24N4O3S. The van der Waals surface area contributed by atoms with Crippen LogP contribution in [-0.2, 0) is 16.8 Å². The number of nitrogen functional groups attached to an aromatic ring is 1. The number of nitrogens with two attached hydrogens (primary N) is 1. The van der Waals surface area contributed by atoms with E-state index in [0.717, 1.165) is 34.5 Å². The third kappa shape index (κ3) is 2.71. The van der Waals surface area contributed by atoms with Gasteiger partial charge >= 0.3 is 10.2 Å². The number of hydrogen-bond acceptors (Lipinski definition) is 4. The van der Waals surface area contributed by atoms with Crippen molar-refractivity contribution in [2.24, 2.45) is 0 Å². The van der Waals surface area contributed by atoms with Gasteiger partial charge in [0.2, 0.25) is 0 Å². The topological polar surface area (TPSA) is 80.8 Å².